The summed E-state index contributed by atoms with van der Waals surface area (Å²) in [5.41, 5.74) is 0.167. The van der Waals surface area contributed by atoms with Crippen LogP contribution in [0.2, 0.25) is 5.02 Å². The van der Waals surface area contributed by atoms with Crippen LogP contribution in [0.25, 0.3) is 0 Å². The average molecular weight is 242 g/mol. The second-order valence-corrected chi connectivity index (χ2v) is 4.78. The molecule has 0 unspecified atom stereocenters. The van der Waals surface area contributed by atoms with Crippen molar-refractivity contribution in [3.05, 3.63) is 34.9 Å². The molecule has 16 heavy (non-hydrogen) atoms. The number of benzene rings is 1. The Labute approximate surface area is 101 Å². The quantitative estimate of drug-likeness (QED) is 0.881. The number of nitrogens with zero attached hydrogens (tertiary/aromatic N) is 1. The van der Waals surface area contributed by atoms with Gasteiger partial charge in [-0.3, -0.25) is 9.69 Å². The van der Waals surface area contributed by atoms with Crippen molar-refractivity contribution in [2.75, 3.05) is 7.05 Å². The predicted molar refractivity (Wildman–Crippen MR) is 64.6 cm³/mol. The zero-order valence-corrected chi connectivity index (χ0v) is 10.5. The molecule has 0 aliphatic rings. The van der Waals surface area contributed by atoms with Crippen LogP contribution in [-0.2, 0) is 11.3 Å². The molecule has 0 radical (unpaired) electrons. The van der Waals surface area contributed by atoms with E-state index >= 15 is 0 Å². The van der Waals surface area contributed by atoms with Gasteiger partial charge in [-0.15, -0.1) is 0 Å². The summed E-state index contributed by atoms with van der Waals surface area (Å²) >= 11 is 5.78. The Kier molecular flexibility index (Phi) is 3.94. The molecule has 0 aromatic heterocycles. The first kappa shape index (κ1) is 13.0. The molecule has 0 amide bonds. The largest absolute Gasteiger partial charge is 0.480 e. The topological polar surface area (TPSA) is 40.5 Å². The third kappa shape index (κ3) is 2.97. The van der Waals surface area contributed by atoms with Gasteiger partial charge in [0.25, 0.3) is 0 Å². The van der Waals surface area contributed by atoms with Crippen molar-refractivity contribution in [2.45, 2.75) is 25.9 Å². The second kappa shape index (κ2) is 4.85. The highest BCUT2D eigenvalue weighted by Gasteiger charge is 2.31. The summed E-state index contributed by atoms with van der Waals surface area (Å²) in [7, 11) is 1.79. The van der Waals surface area contributed by atoms with Gasteiger partial charge >= 0.3 is 5.97 Å². The van der Waals surface area contributed by atoms with E-state index in [4.69, 9.17) is 16.7 Å². The highest BCUT2D eigenvalue weighted by atomic mass is 35.5. The van der Waals surface area contributed by atoms with Gasteiger partial charge in [0, 0.05) is 11.6 Å². The lowest BCUT2D eigenvalue weighted by atomic mass is 10.0. The van der Waals surface area contributed by atoms with Gasteiger partial charge in [-0.1, -0.05) is 23.7 Å². The summed E-state index contributed by atoms with van der Waals surface area (Å²) in [6.07, 6.45) is 0. The zero-order chi connectivity index (χ0) is 12.3. The smallest absolute Gasteiger partial charge is 0.323 e. The summed E-state index contributed by atoms with van der Waals surface area (Å²) in [5.74, 6) is -0.830. The molecule has 4 heteroatoms. The van der Waals surface area contributed by atoms with Gasteiger partial charge in [0.15, 0.2) is 0 Å². The number of halogens is 1. The highest BCUT2D eigenvalue weighted by Crippen LogP contribution is 2.17. The maximum absolute atomic E-state index is 11.0. The van der Waals surface area contributed by atoms with Crippen molar-refractivity contribution in [3.63, 3.8) is 0 Å². The Morgan fingerprint density at radius 3 is 2.31 bits per heavy atom. The van der Waals surface area contributed by atoms with Crippen molar-refractivity contribution in [2.24, 2.45) is 0 Å². The van der Waals surface area contributed by atoms with Crippen molar-refractivity contribution in [1.29, 1.82) is 0 Å². The van der Waals surface area contributed by atoms with E-state index in [0.717, 1.165) is 5.56 Å². The number of hydrogen-bond acceptors (Lipinski definition) is 2. The molecule has 0 heterocycles. The molecule has 1 N–H and O–H groups in total. The van der Waals surface area contributed by atoms with Gasteiger partial charge < -0.3 is 5.11 Å². The molecule has 3 nitrogen and oxygen atoms in total. The SMILES string of the molecule is CN(Cc1ccc(Cl)cc1)C(C)(C)C(=O)O. The Balaban J connectivity index is 2.75. The monoisotopic (exact) mass is 241 g/mol. The maximum Gasteiger partial charge on any atom is 0.323 e. The Morgan fingerprint density at radius 2 is 1.88 bits per heavy atom. The van der Waals surface area contributed by atoms with Crippen LogP contribution in [0.4, 0.5) is 0 Å². The van der Waals surface area contributed by atoms with Gasteiger partial charge in [0.1, 0.15) is 5.54 Å². The summed E-state index contributed by atoms with van der Waals surface area (Å²) in [4.78, 5) is 12.8. The van der Waals surface area contributed by atoms with E-state index in [1.54, 1.807) is 37.9 Å². The van der Waals surface area contributed by atoms with Gasteiger partial charge in [-0.2, -0.15) is 0 Å². The van der Waals surface area contributed by atoms with E-state index in [2.05, 4.69) is 0 Å². The number of likely N-dealkylation sites (N-methyl/N-ethyl adjacent to an activating group) is 1. The lowest BCUT2D eigenvalue weighted by Gasteiger charge is -2.31. The van der Waals surface area contributed by atoms with Gasteiger partial charge in [-0.25, -0.2) is 0 Å². The Hall–Kier alpha value is -1.06. The van der Waals surface area contributed by atoms with Gasteiger partial charge in [0.2, 0.25) is 0 Å². The molecule has 1 rings (SSSR count). The Morgan fingerprint density at radius 1 is 1.38 bits per heavy atom. The van der Waals surface area contributed by atoms with Crippen LogP contribution in [0.1, 0.15) is 19.4 Å². The molecular formula is C12H16ClNO2. The molecule has 0 saturated heterocycles. The van der Waals surface area contributed by atoms with E-state index in [1.165, 1.54) is 0 Å². The minimum absolute atomic E-state index is 0.580. The Bertz CT molecular complexity index is 373. The first-order valence-corrected chi connectivity index (χ1v) is 5.41. The molecule has 0 atom stereocenters. The number of carboxylic acid groups (broad SMARTS) is 1. The fourth-order valence-electron chi connectivity index (χ4n) is 1.22. The molecule has 1 aromatic rings. The minimum atomic E-state index is -0.875. The number of carboxylic acids is 1. The summed E-state index contributed by atoms with van der Waals surface area (Å²) < 4.78 is 0. The third-order valence-electron chi connectivity index (χ3n) is 2.81. The number of aliphatic carboxylic acids is 1. The zero-order valence-electron chi connectivity index (χ0n) is 9.70. The normalized spacial score (nSPS) is 11.8. The van der Waals surface area contributed by atoms with Crippen molar-refractivity contribution in [1.82, 2.24) is 4.90 Å². The molecule has 0 aliphatic heterocycles. The third-order valence-corrected chi connectivity index (χ3v) is 3.06. The van der Waals surface area contributed by atoms with Crippen molar-refractivity contribution >= 4 is 17.6 Å². The number of carbonyl (C=O) groups is 1. The molecule has 0 spiro atoms. The average Bonchev–Trinajstić information content (AvgIpc) is 2.21. The van der Waals surface area contributed by atoms with E-state index in [0.29, 0.717) is 11.6 Å². The minimum Gasteiger partial charge on any atom is -0.480 e. The summed E-state index contributed by atoms with van der Waals surface area (Å²) in [6.45, 7) is 3.95. The van der Waals surface area contributed by atoms with Crippen LogP contribution in [-0.4, -0.2) is 28.6 Å². The van der Waals surface area contributed by atoms with Crippen LogP contribution in [0, 0.1) is 0 Å². The number of hydrogen-bond donors (Lipinski definition) is 1. The first-order valence-electron chi connectivity index (χ1n) is 5.03. The van der Waals surface area contributed by atoms with E-state index in [1.807, 2.05) is 12.1 Å². The molecule has 88 valence electrons. The van der Waals surface area contributed by atoms with Crippen LogP contribution in [0.15, 0.2) is 24.3 Å². The van der Waals surface area contributed by atoms with Gasteiger partial charge in [0.05, 0.1) is 0 Å². The van der Waals surface area contributed by atoms with Crippen molar-refractivity contribution < 1.29 is 9.90 Å². The van der Waals surface area contributed by atoms with Crippen LogP contribution in [0.3, 0.4) is 0 Å². The van der Waals surface area contributed by atoms with E-state index in [-0.39, 0.29) is 0 Å². The molecule has 0 saturated carbocycles. The number of rotatable bonds is 4. The van der Waals surface area contributed by atoms with Crippen LogP contribution < -0.4 is 0 Å². The van der Waals surface area contributed by atoms with Gasteiger partial charge in [-0.05, 0) is 38.6 Å². The second-order valence-electron chi connectivity index (χ2n) is 4.35. The first-order chi connectivity index (χ1) is 7.34. The highest BCUT2D eigenvalue weighted by molar-refractivity contribution is 6.30. The summed E-state index contributed by atoms with van der Waals surface area (Å²) in [6, 6.07) is 7.41. The van der Waals surface area contributed by atoms with E-state index < -0.39 is 11.5 Å². The van der Waals surface area contributed by atoms with E-state index in [9.17, 15) is 4.79 Å². The summed E-state index contributed by atoms with van der Waals surface area (Å²) in [5, 5.41) is 9.76. The van der Waals surface area contributed by atoms with Crippen LogP contribution >= 0.6 is 11.6 Å². The maximum atomic E-state index is 11.0. The fraction of sp³-hybridized carbons (Fsp3) is 0.417. The lowest BCUT2D eigenvalue weighted by molar-refractivity contribution is -0.148. The molecule has 0 aliphatic carbocycles. The molecule has 0 bridgehead atoms. The lowest BCUT2D eigenvalue weighted by Crippen LogP contribution is -2.47. The van der Waals surface area contributed by atoms with Crippen molar-refractivity contribution in [3.8, 4) is 0 Å². The molecule has 1 aromatic carbocycles. The molecule has 0 fully saturated rings. The predicted octanol–water partition coefficient (Wildman–Crippen LogP) is 2.63. The molecular weight excluding hydrogens is 226 g/mol. The fourth-order valence-corrected chi connectivity index (χ4v) is 1.35. The van der Waals surface area contributed by atoms with Crippen LogP contribution in [0.5, 0.6) is 0 Å². The standard InChI is InChI=1S/C12H16ClNO2/c1-12(2,11(15)16)14(3)8-9-4-6-10(13)7-5-9/h4-7H,8H2,1-3H3,(H,15,16).